The Bertz CT molecular complexity index is 92.9. The largest absolute Gasteiger partial charge is 0.390 e. The van der Waals surface area contributed by atoms with Crippen molar-refractivity contribution in [2.24, 2.45) is 0 Å². The highest BCUT2D eigenvalue weighted by Gasteiger charge is 2.29. The summed E-state index contributed by atoms with van der Waals surface area (Å²) in [5, 5.41) is 9.23. The maximum Gasteiger partial charge on any atom is 0.0835 e. The quantitative estimate of drug-likeness (QED) is 0.572. The van der Waals surface area contributed by atoms with Crippen molar-refractivity contribution in [1.29, 1.82) is 0 Å². The van der Waals surface area contributed by atoms with E-state index >= 15 is 0 Å². The molecule has 1 saturated heterocycles. The van der Waals surface area contributed by atoms with E-state index in [1.165, 1.54) is 0 Å². The molecule has 2 nitrogen and oxygen atoms in total. The van der Waals surface area contributed by atoms with Gasteiger partial charge in [0, 0.05) is 6.42 Å². The van der Waals surface area contributed by atoms with Crippen LogP contribution in [0.3, 0.4) is 0 Å². The fraction of sp³-hybridized carbons (Fsp3) is 1.00. The third-order valence-corrected chi connectivity index (χ3v) is 1.81. The molecular weight excluding hydrogens is 116 g/mol. The van der Waals surface area contributed by atoms with E-state index in [0.717, 1.165) is 12.8 Å². The molecule has 3 atom stereocenters. The predicted molar refractivity (Wildman–Crippen MR) is 35.2 cm³/mol. The highest BCUT2D eigenvalue weighted by atomic mass is 16.5. The summed E-state index contributed by atoms with van der Waals surface area (Å²) in [7, 11) is 0. The van der Waals surface area contributed by atoms with Crippen molar-refractivity contribution < 1.29 is 9.84 Å². The van der Waals surface area contributed by atoms with Crippen molar-refractivity contribution >= 4 is 0 Å². The third kappa shape index (κ3) is 1.43. The first-order valence-electron chi connectivity index (χ1n) is 3.57. The average molecular weight is 130 g/mol. The summed E-state index contributed by atoms with van der Waals surface area (Å²) in [5.41, 5.74) is 0. The van der Waals surface area contributed by atoms with Crippen molar-refractivity contribution in [1.82, 2.24) is 0 Å². The van der Waals surface area contributed by atoms with E-state index < -0.39 is 0 Å². The summed E-state index contributed by atoms with van der Waals surface area (Å²) in [6.07, 6.45) is 1.86. The maximum absolute atomic E-state index is 9.23. The fourth-order valence-corrected chi connectivity index (χ4v) is 1.30. The Labute approximate surface area is 55.8 Å². The van der Waals surface area contributed by atoms with Gasteiger partial charge in [0.25, 0.3) is 0 Å². The second kappa shape index (κ2) is 2.67. The minimum absolute atomic E-state index is 0.0972. The molecule has 0 bridgehead atoms. The Hall–Kier alpha value is -0.0800. The van der Waals surface area contributed by atoms with E-state index in [9.17, 15) is 5.11 Å². The maximum atomic E-state index is 9.23. The normalized spacial score (nSPS) is 43.7. The van der Waals surface area contributed by atoms with Crippen LogP contribution in [0.5, 0.6) is 0 Å². The molecule has 9 heavy (non-hydrogen) atoms. The van der Waals surface area contributed by atoms with Crippen LogP contribution in [-0.2, 0) is 4.74 Å². The molecule has 0 spiro atoms. The van der Waals surface area contributed by atoms with Gasteiger partial charge in [0.2, 0.25) is 0 Å². The summed E-state index contributed by atoms with van der Waals surface area (Å²) < 4.78 is 5.37. The molecule has 1 aliphatic heterocycles. The Morgan fingerprint density at radius 1 is 1.67 bits per heavy atom. The number of rotatable bonds is 1. The number of aliphatic hydroxyl groups excluding tert-OH is 1. The summed E-state index contributed by atoms with van der Waals surface area (Å²) in [6, 6.07) is 0. The van der Waals surface area contributed by atoms with E-state index in [-0.39, 0.29) is 18.3 Å². The SMILES string of the molecule is CC[C@H]1O[C@@H](C)CC1O. The molecule has 0 radical (unpaired) electrons. The third-order valence-electron chi connectivity index (χ3n) is 1.81. The zero-order chi connectivity index (χ0) is 6.85. The van der Waals surface area contributed by atoms with Crippen molar-refractivity contribution in [3.05, 3.63) is 0 Å². The number of hydrogen-bond donors (Lipinski definition) is 1. The number of hydrogen-bond acceptors (Lipinski definition) is 2. The molecule has 1 N–H and O–H groups in total. The van der Waals surface area contributed by atoms with Crippen molar-refractivity contribution in [2.75, 3.05) is 0 Å². The van der Waals surface area contributed by atoms with Gasteiger partial charge in [-0.25, -0.2) is 0 Å². The topological polar surface area (TPSA) is 29.5 Å². The molecule has 0 amide bonds. The van der Waals surface area contributed by atoms with E-state index in [1.54, 1.807) is 0 Å². The van der Waals surface area contributed by atoms with E-state index in [0.29, 0.717) is 0 Å². The molecule has 0 aromatic carbocycles. The molecule has 1 aliphatic rings. The van der Waals surface area contributed by atoms with Gasteiger partial charge < -0.3 is 9.84 Å². The minimum Gasteiger partial charge on any atom is -0.390 e. The van der Waals surface area contributed by atoms with Gasteiger partial charge in [-0.15, -0.1) is 0 Å². The van der Waals surface area contributed by atoms with Crippen molar-refractivity contribution in [3.8, 4) is 0 Å². The van der Waals surface area contributed by atoms with E-state index in [1.807, 2.05) is 13.8 Å². The van der Waals surface area contributed by atoms with Crippen LogP contribution in [-0.4, -0.2) is 23.4 Å². The van der Waals surface area contributed by atoms with Crippen LogP contribution in [0.1, 0.15) is 26.7 Å². The highest BCUT2D eigenvalue weighted by molar-refractivity contribution is 4.78. The Morgan fingerprint density at radius 3 is 2.56 bits per heavy atom. The zero-order valence-corrected chi connectivity index (χ0v) is 6.00. The van der Waals surface area contributed by atoms with Gasteiger partial charge in [-0.2, -0.15) is 0 Å². The van der Waals surface area contributed by atoms with Gasteiger partial charge in [-0.05, 0) is 13.3 Å². The molecule has 0 aromatic heterocycles. The van der Waals surface area contributed by atoms with Crippen molar-refractivity contribution in [3.63, 3.8) is 0 Å². The van der Waals surface area contributed by atoms with Gasteiger partial charge in [-0.1, -0.05) is 6.92 Å². The Balaban J connectivity index is 2.38. The van der Waals surface area contributed by atoms with E-state index in [2.05, 4.69) is 0 Å². The lowest BCUT2D eigenvalue weighted by molar-refractivity contribution is 0.0144. The zero-order valence-electron chi connectivity index (χ0n) is 6.00. The van der Waals surface area contributed by atoms with Gasteiger partial charge >= 0.3 is 0 Å². The molecule has 0 aromatic rings. The van der Waals surface area contributed by atoms with Gasteiger partial charge in [0.1, 0.15) is 0 Å². The molecule has 1 unspecified atom stereocenters. The summed E-state index contributed by atoms with van der Waals surface area (Å²) >= 11 is 0. The molecular formula is C7H14O2. The standard InChI is InChI=1S/C7H14O2/c1-3-7-6(8)4-5(2)9-7/h5-8H,3-4H2,1-2H3/t5-,6?,7+/m0/s1. The lowest BCUT2D eigenvalue weighted by Crippen LogP contribution is -2.18. The number of aliphatic hydroxyl groups is 1. The summed E-state index contributed by atoms with van der Waals surface area (Å²) in [5.74, 6) is 0. The van der Waals surface area contributed by atoms with Gasteiger partial charge in [-0.3, -0.25) is 0 Å². The lowest BCUT2D eigenvalue weighted by Gasteiger charge is -2.09. The first-order valence-corrected chi connectivity index (χ1v) is 3.57. The van der Waals surface area contributed by atoms with Crippen LogP contribution in [0.4, 0.5) is 0 Å². The fourth-order valence-electron chi connectivity index (χ4n) is 1.30. The monoisotopic (exact) mass is 130 g/mol. The molecule has 1 fully saturated rings. The molecule has 1 rings (SSSR count). The molecule has 0 saturated carbocycles. The smallest absolute Gasteiger partial charge is 0.0835 e. The molecule has 54 valence electrons. The van der Waals surface area contributed by atoms with Crippen LogP contribution in [0.15, 0.2) is 0 Å². The molecule has 2 heteroatoms. The first kappa shape index (κ1) is 7.03. The van der Waals surface area contributed by atoms with Crippen LogP contribution in [0.25, 0.3) is 0 Å². The van der Waals surface area contributed by atoms with Crippen LogP contribution in [0, 0.1) is 0 Å². The van der Waals surface area contributed by atoms with Crippen LogP contribution >= 0.6 is 0 Å². The Morgan fingerprint density at radius 2 is 2.33 bits per heavy atom. The van der Waals surface area contributed by atoms with Crippen molar-refractivity contribution in [2.45, 2.75) is 45.0 Å². The minimum atomic E-state index is -0.218. The van der Waals surface area contributed by atoms with Crippen LogP contribution < -0.4 is 0 Å². The number of ether oxygens (including phenoxy) is 1. The second-order valence-electron chi connectivity index (χ2n) is 2.70. The van der Waals surface area contributed by atoms with E-state index in [4.69, 9.17) is 4.74 Å². The van der Waals surface area contributed by atoms with Crippen LogP contribution in [0.2, 0.25) is 0 Å². The molecule has 0 aliphatic carbocycles. The summed E-state index contributed by atoms with van der Waals surface area (Å²) in [4.78, 5) is 0. The molecule has 1 heterocycles. The second-order valence-corrected chi connectivity index (χ2v) is 2.70. The summed E-state index contributed by atoms with van der Waals surface area (Å²) in [6.45, 7) is 4.03. The first-order chi connectivity index (χ1) is 4.24. The Kier molecular flexibility index (Phi) is 2.09. The highest BCUT2D eigenvalue weighted by Crippen LogP contribution is 2.21. The predicted octanol–water partition coefficient (Wildman–Crippen LogP) is 0.935. The van der Waals surface area contributed by atoms with Gasteiger partial charge in [0.15, 0.2) is 0 Å². The average Bonchev–Trinajstić information content (AvgIpc) is 2.10. The van der Waals surface area contributed by atoms with Gasteiger partial charge in [0.05, 0.1) is 18.3 Å². The lowest BCUT2D eigenvalue weighted by atomic mass is 10.1.